The summed E-state index contributed by atoms with van der Waals surface area (Å²) in [5.74, 6) is -17.5. The number of rotatable bonds is 4. The topological polar surface area (TPSA) is 34.1 Å². The molecule has 0 unspecified atom stereocenters. The van der Waals surface area contributed by atoms with Crippen molar-refractivity contribution >= 4 is 41.2 Å². The van der Waals surface area contributed by atoms with E-state index in [1.165, 1.54) is 31.9 Å². The Hall–Kier alpha value is -0.120. The first-order valence-corrected chi connectivity index (χ1v) is 4.51. The van der Waals surface area contributed by atoms with Gasteiger partial charge >= 0.3 is 17.8 Å². The van der Waals surface area contributed by atoms with Gasteiger partial charge in [0.05, 0.1) is 0 Å². The fourth-order valence-electron chi connectivity index (χ4n) is 0.444. The van der Waals surface area contributed by atoms with E-state index in [9.17, 15) is 35.9 Å². The Bertz CT molecular complexity index is 274. The highest BCUT2D eigenvalue weighted by Crippen LogP contribution is 2.48. The fraction of sp³-hybridized carbons (Fsp3) is 0.600. The van der Waals surface area contributed by atoms with Crippen LogP contribution in [0.5, 0.6) is 0 Å². The second-order valence-electron chi connectivity index (χ2n) is 2.27. The molecule has 0 aromatic carbocycles. The molecule has 0 bridgehead atoms. The molecule has 0 radical (unpaired) electrons. The van der Waals surface area contributed by atoms with Crippen LogP contribution in [0.3, 0.4) is 0 Å². The quantitative estimate of drug-likeness (QED) is 0.567. The summed E-state index contributed by atoms with van der Waals surface area (Å²) in [6.45, 7) is 0. The molecule has 0 aliphatic carbocycles. The average molecular weight is 366 g/mol. The predicted octanol–water partition coefficient (Wildman–Crippen LogP) is 2.74. The largest absolute Gasteiger partial charge is 0.388 e. The van der Waals surface area contributed by atoms with Gasteiger partial charge in [0.2, 0.25) is 0 Å². The first-order chi connectivity index (χ1) is 6.39. The third-order valence-electron chi connectivity index (χ3n) is 1.28. The van der Waals surface area contributed by atoms with Gasteiger partial charge in [0.1, 0.15) is 0 Å². The van der Waals surface area contributed by atoms with E-state index in [1.807, 2.05) is 0 Å². The lowest BCUT2D eigenvalue weighted by Gasteiger charge is -2.28. The van der Waals surface area contributed by atoms with E-state index in [0.717, 1.165) is 0 Å². The summed E-state index contributed by atoms with van der Waals surface area (Å²) in [4.78, 5) is 20.0. The molecular formula is C5Br2F6O2. The van der Waals surface area contributed by atoms with Crippen LogP contribution in [-0.2, 0) is 9.59 Å². The molecule has 2 nitrogen and oxygen atoms in total. The minimum absolute atomic E-state index is 1.44. The minimum Gasteiger partial charge on any atom is -0.280 e. The Morgan fingerprint density at radius 3 is 1.07 bits per heavy atom. The number of carbonyl (C=O) groups excluding carboxylic acids is 2. The molecule has 0 amide bonds. The Morgan fingerprint density at radius 1 is 0.733 bits per heavy atom. The third-order valence-corrected chi connectivity index (χ3v) is 2.28. The van der Waals surface area contributed by atoms with Gasteiger partial charge < -0.3 is 0 Å². The van der Waals surface area contributed by atoms with Crippen LogP contribution in [-0.4, -0.2) is 27.2 Å². The highest BCUT2D eigenvalue weighted by atomic mass is 79.9. The van der Waals surface area contributed by atoms with E-state index >= 15 is 0 Å². The van der Waals surface area contributed by atoms with Crippen LogP contribution in [0.15, 0.2) is 0 Å². The maximum Gasteiger partial charge on any atom is 0.388 e. The van der Waals surface area contributed by atoms with Gasteiger partial charge in [0.15, 0.2) is 0 Å². The lowest BCUT2D eigenvalue weighted by molar-refractivity contribution is -0.279. The fourth-order valence-corrected chi connectivity index (χ4v) is 0.942. The molecule has 0 rings (SSSR count). The maximum atomic E-state index is 12.5. The summed E-state index contributed by atoms with van der Waals surface area (Å²) in [7, 11) is 0. The minimum atomic E-state index is -6.12. The van der Waals surface area contributed by atoms with Gasteiger partial charge in [-0.1, -0.05) is 0 Å². The summed E-state index contributed by atoms with van der Waals surface area (Å²) in [6, 6.07) is 0. The lowest BCUT2D eigenvalue weighted by atomic mass is 10.1. The second-order valence-corrected chi connectivity index (χ2v) is 3.71. The zero-order valence-electron chi connectivity index (χ0n) is 6.34. The molecule has 88 valence electrons. The van der Waals surface area contributed by atoms with Crippen LogP contribution in [0.1, 0.15) is 0 Å². The van der Waals surface area contributed by atoms with Gasteiger partial charge in [0, 0.05) is 0 Å². The van der Waals surface area contributed by atoms with Crippen LogP contribution >= 0.6 is 31.9 Å². The second kappa shape index (κ2) is 4.04. The van der Waals surface area contributed by atoms with E-state index in [0.29, 0.717) is 0 Å². The van der Waals surface area contributed by atoms with Gasteiger partial charge in [-0.05, 0) is 31.9 Å². The van der Waals surface area contributed by atoms with Crippen LogP contribution < -0.4 is 0 Å². The smallest absolute Gasteiger partial charge is 0.280 e. The normalized spacial score (nSPS) is 13.9. The van der Waals surface area contributed by atoms with Crippen LogP contribution in [0.2, 0.25) is 0 Å². The standard InChI is InChI=1S/C5Br2F6O2/c6-1(14)3(8,9)5(12,13)4(10,11)2(7)15. The molecule has 0 saturated carbocycles. The molecule has 0 aromatic rings. The average Bonchev–Trinajstić information content (AvgIpc) is 2.02. The lowest BCUT2D eigenvalue weighted by Crippen LogP contribution is -2.59. The third kappa shape index (κ3) is 2.19. The van der Waals surface area contributed by atoms with E-state index in [-0.39, 0.29) is 0 Å². The van der Waals surface area contributed by atoms with Crippen molar-refractivity contribution in [3.05, 3.63) is 0 Å². The van der Waals surface area contributed by atoms with Gasteiger partial charge in [-0.2, -0.15) is 26.3 Å². The molecule has 0 saturated heterocycles. The molecule has 0 aliphatic rings. The van der Waals surface area contributed by atoms with Crippen molar-refractivity contribution in [2.24, 2.45) is 0 Å². The zero-order valence-corrected chi connectivity index (χ0v) is 9.51. The Kier molecular flexibility index (Phi) is 4.01. The van der Waals surface area contributed by atoms with Gasteiger partial charge in [-0.25, -0.2) is 0 Å². The summed E-state index contributed by atoms with van der Waals surface area (Å²) < 4.78 is 69.2. The van der Waals surface area contributed by atoms with Gasteiger partial charge in [0.25, 0.3) is 9.39 Å². The number of carbonyl (C=O) groups is 2. The number of hydrogen-bond donors (Lipinski definition) is 0. The molecule has 0 heterocycles. The summed E-state index contributed by atoms with van der Waals surface area (Å²) in [6.07, 6.45) is 0. The van der Waals surface area contributed by atoms with Crippen molar-refractivity contribution in [2.45, 2.75) is 17.8 Å². The molecule has 0 aliphatic heterocycles. The van der Waals surface area contributed by atoms with E-state index in [1.54, 1.807) is 0 Å². The summed E-state index contributed by atoms with van der Waals surface area (Å²) >= 11 is 2.89. The number of halogens is 8. The summed E-state index contributed by atoms with van der Waals surface area (Å²) in [5.41, 5.74) is 0. The zero-order chi connectivity index (χ0) is 12.7. The molecule has 10 heteroatoms. The predicted molar refractivity (Wildman–Crippen MR) is 42.7 cm³/mol. The Labute approximate surface area is 95.3 Å². The highest BCUT2D eigenvalue weighted by molar-refractivity contribution is 9.18. The monoisotopic (exact) mass is 364 g/mol. The maximum absolute atomic E-state index is 12.5. The number of hydrogen-bond acceptors (Lipinski definition) is 2. The van der Waals surface area contributed by atoms with Gasteiger partial charge in [-0.15, -0.1) is 0 Å². The highest BCUT2D eigenvalue weighted by Gasteiger charge is 2.76. The van der Waals surface area contributed by atoms with E-state index in [4.69, 9.17) is 0 Å². The molecule has 0 atom stereocenters. The van der Waals surface area contributed by atoms with Crippen LogP contribution in [0, 0.1) is 0 Å². The Morgan fingerprint density at radius 2 is 0.933 bits per heavy atom. The van der Waals surface area contributed by atoms with E-state index < -0.39 is 27.2 Å². The van der Waals surface area contributed by atoms with E-state index in [2.05, 4.69) is 0 Å². The molecule has 0 fully saturated rings. The Balaban J connectivity index is 5.50. The SMILES string of the molecule is O=C(Br)C(F)(F)C(F)(F)C(F)(F)C(=O)Br. The van der Waals surface area contributed by atoms with Crippen LogP contribution in [0.4, 0.5) is 26.3 Å². The number of alkyl halides is 6. The van der Waals surface area contributed by atoms with Crippen molar-refractivity contribution < 1.29 is 35.9 Å². The van der Waals surface area contributed by atoms with Crippen LogP contribution in [0.25, 0.3) is 0 Å². The van der Waals surface area contributed by atoms with Crippen molar-refractivity contribution in [2.75, 3.05) is 0 Å². The molecular weight excluding hydrogens is 366 g/mol. The van der Waals surface area contributed by atoms with Crippen molar-refractivity contribution in [1.29, 1.82) is 0 Å². The molecule has 0 aromatic heterocycles. The van der Waals surface area contributed by atoms with Gasteiger partial charge in [-0.3, -0.25) is 9.59 Å². The molecule has 0 spiro atoms. The van der Waals surface area contributed by atoms with Crippen molar-refractivity contribution in [1.82, 2.24) is 0 Å². The van der Waals surface area contributed by atoms with Crippen molar-refractivity contribution in [3.8, 4) is 0 Å². The first kappa shape index (κ1) is 14.9. The molecule has 0 N–H and O–H groups in total. The van der Waals surface area contributed by atoms with Crippen molar-refractivity contribution in [3.63, 3.8) is 0 Å². The summed E-state index contributed by atoms with van der Waals surface area (Å²) in [5, 5.41) is 0. The molecule has 15 heavy (non-hydrogen) atoms. The first-order valence-electron chi connectivity index (χ1n) is 2.92.